The van der Waals surface area contributed by atoms with E-state index in [1.54, 1.807) is 17.4 Å². The number of furan rings is 1. The molecule has 2 aromatic heterocycles. The second kappa shape index (κ2) is 5.78. The maximum atomic E-state index is 12.0. The van der Waals surface area contributed by atoms with Crippen LogP contribution in [0.1, 0.15) is 12.8 Å². The van der Waals surface area contributed by atoms with E-state index in [4.69, 9.17) is 9.15 Å². The number of nitrogens with one attached hydrogen (secondary N) is 1. The fourth-order valence-corrected chi connectivity index (χ4v) is 3.98. The van der Waals surface area contributed by atoms with Crippen LogP contribution in [-0.2, 0) is 0 Å². The van der Waals surface area contributed by atoms with Crippen molar-refractivity contribution >= 4 is 17.4 Å². The van der Waals surface area contributed by atoms with Gasteiger partial charge in [-0.05, 0) is 49.4 Å². The second-order valence-electron chi connectivity index (χ2n) is 5.91. The van der Waals surface area contributed by atoms with Crippen LogP contribution in [0.5, 0.6) is 5.95 Å². The van der Waals surface area contributed by atoms with Crippen LogP contribution in [0, 0.1) is 5.92 Å². The van der Waals surface area contributed by atoms with Crippen LogP contribution in [0.4, 0.5) is 4.79 Å². The molecule has 2 aromatic rings. The SMILES string of the molecule is O=C(NC1CN2CCC1CC2)Oc1ccc(-c2ccsc2)o1. The lowest BCUT2D eigenvalue weighted by Crippen LogP contribution is -2.57. The molecule has 3 saturated heterocycles. The highest BCUT2D eigenvalue weighted by Crippen LogP contribution is 2.29. The topological polar surface area (TPSA) is 54.7 Å². The molecule has 0 aliphatic carbocycles. The van der Waals surface area contributed by atoms with E-state index >= 15 is 0 Å². The molecule has 1 N–H and O–H groups in total. The minimum atomic E-state index is -0.426. The highest BCUT2D eigenvalue weighted by molar-refractivity contribution is 7.08. The number of hydrogen-bond donors (Lipinski definition) is 1. The molecule has 5 heterocycles. The van der Waals surface area contributed by atoms with Gasteiger partial charge in [0.25, 0.3) is 5.95 Å². The van der Waals surface area contributed by atoms with Crippen molar-refractivity contribution in [2.24, 2.45) is 5.92 Å². The van der Waals surface area contributed by atoms with E-state index in [-0.39, 0.29) is 12.0 Å². The highest BCUT2D eigenvalue weighted by Gasteiger charge is 2.35. The Bertz CT molecular complexity index is 644. The van der Waals surface area contributed by atoms with Gasteiger partial charge in [-0.25, -0.2) is 4.79 Å². The average molecular weight is 318 g/mol. The molecule has 2 bridgehead atoms. The first kappa shape index (κ1) is 13.8. The van der Waals surface area contributed by atoms with Crippen molar-refractivity contribution in [3.63, 3.8) is 0 Å². The molecule has 1 amide bonds. The van der Waals surface area contributed by atoms with Gasteiger partial charge in [-0.1, -0.05) is 0 Å². The van der Waals surface area contributed by atoms with Gasteiger partial charge in [-0.15, -0.1) is 0 Å². The van der Waals surface area contributed by atoms with Gasteiger partial charge in [0.2, 0.25) is 0 Å². The number of carbonyl (C=O) groups is 1. The highest BCUT2D eigenvalue weighted by atomic mass is 32.1. The Morgan fingerprint density at radius 2 is 2.18 bits per heavy atom. The summed E-state index contributed by atoms with van der Waals surface area (Å²) >= 11 is 1.60. The van der Waals surface area contributed by atoms with E-state index in [2.05, 4.69) is 10.2 Å². The van der Waals surface area contributed by atoms with Crippen LogP contribution < -0.4 is 10.1 Å². The Kier molecular flexibility index (Phi) is 3.63. The third-order valence-corrected chi connectivity index (χ3v) is 5.22. The lowest BCUT2D eigenvalue weighted by Gasteiger charge is -2.44. The lowest BCUT2D eigenvalue weighted by molar-refractivity contribution is 0.0715. The number of rotatable bonds is 3. The van der Waals surface area contributed by atoms with Gasteiger partial charge in [0.1, 0.15) is 5.76 Å². The molecule has 5 nitrogen and oxygen atoms in total. The zero-order chi connectivity index (χ0) is 14.9. The third kappa shape index (κ3) is 2.76. The summed E-state index contributed by atoms with van der Waals surface area (Å²) in [6.45, 7) is 3.23. The Labute approximate surface area is 132 Å². The minimum Gasteiger partial charge on any atom is -0.425 e. The van der Waals surface area contributed by atoms with Gasteiger partial charge in [0.05, 0.1) is 0 Å². The number of ether oxygens (including phenoxy) is 1. The predicted octanol–water partition coefficient (Wildman–Crippen LogP) is 3.19. The first-order valence-corrected chi connectivity index (χ1v) is 8.55. The van der Waals surface area contributed by atoms with Crippen LogP contribution >= 0.6 is 11.3 Å². The van der Waals surface area contributed by atoms with E-state index in [1.165, 1.54) is 0 Å². The molecule has 1 unspecified atom stereocenters. The molecule has 116 valence electrons. The normalized spacial score (nSPS) is 26.8. The number of nitrogens with zero attached hydrogens (tertiary/aromatic N) is 1. The summed E-state index contributed by atoms with van der Waals surface area (Å²) < 4.78 is 10.8. The lowest BCUT2D eigenvalue weighted by atomic mass is 9.84. The van der Waals surface area contributed by atoms with E-state index in [1.807, 2.05) is 22.9 Å². The van der Waals surface area contributed by atoms with Crippen LogP contribution in [-0.4, -0.2) is 36.7 Å². The van der Waals surface area contributed by atoms with Crippen molar-refractivity contribution in [2.75, 3.05) is 19.6 Å². The summed E-state index contributed by atoms with van der Waals surface area (Å²) in [5, 5.41) is 6.96. The van der Waals surface area contributed by atoms with E-state index in [9.17, 15) is 4.79 Å². The molecule has 3 aliphatic rings. The molecule has 0 spiro atoms. The number of fused-ring (bicyclic) bond motifs is 3. The molecule has 6 heteroatoms. The van der Waals surface area contributed by atoms with Gasteiger partial charge in [-0.2, -0.15) is 11.3 Å². The summed E-state index contributed by atoms with van der Waals surface area (Å²) in [6.07, 6.45) is 1.90. The predicted molar refractivity (Wildman–Crippen MR) is 84.1 cm³/mol. The number of thiophene rings is 1. The zero-order valence-corrected chi connectivity index (χ0v) is 13.0. The molecule has 0 aromatic carbocycles. The first-order chi connectivity index (χ1) is 10.8. The molecule has 0 saturated carbocycles. The summed E-state index contributed by atoms with van der Waals surface area (Å²) in [5.74, 6) is 1.53. The number of carbonyl (C=O) groups excluding carboxylic acids is 1. The van der Waals surface area contributed by atoms with Crippen LogP contribution in [0.25, 0.3) is 11.3 Å². The minimum absolute atomic E-state index is 0.196. The largest absolute Gasteiger partial charge is 0.425 e. The fourth-order valence-electron chi connectivity index (χ4n) is 3.34. The third-order valence-electron chi connectivity index (χ3n) is 4.54. The molecule has 3 aliphatic heterocycles. The Balaban J connectivity index is 1.36. The van der Waals surface area contributed by atoms with Crippen LogP contribution in [0.2, 0.25) is 0 Å². The Morgan fingerprint density at radius 1 is 1.32 bits per heavy atom. The van der Waals surface area contributed by atoms with Gasteiger partial charge < -0.3 is 19.4 Å². The smallest absolute Gasteiger partial charge is 0.415 e. The molecule has 22 heavy (non-hydrogen) atoms. The summed E-state index contributed by atoms with van der Waals surface area (Å²) in [6, 6.07) is 5.67. The zero-order valence-electron chi connectivity index (χ0n) is 12.2. The van der Waals surface area contributed by atoms with E-state index in [0.717, 1.165) is 38.0 Å². The van der Waals surface area contributed by atoms with Gasteiger partial charge in [0.15, 0.2) is 0 Å². The molecular formula is C16H18N2O3S. The number of amides is 1. The van der Waals surface area contributed by atoms with Crippen molar-refractivity contribution in [1.82, 2.24) is 10.2 Å². The average Bonchev–Trinajstić information content (AvgIpc) is 3.19. The van der Waals surface area contributed by atoms with Crippen molar-refractivity contribution in [1.29, 1.82) is 0 Å². The molecule has 0 radical (unpaired) electrons. The Hall–Kier alpha value is -1.79. The molecule has 5 rings (SSSR count). The maximum absolute atomic E-state index is 12.0. The summed E-state index contributed by atoms with van der Waals surface area (Å²) in [4.78, 5) is 14.4. The number of piperidine rings is 3. The first-order valence-electron chi connectivity index (χ1n) is 7.61. The molecular weight excluding hydrogens is 300 g/mol. The van der Waals surface area contributed by atoms with Crippen molar-refractivity contribution in [3.05, 3.63) is 29.0 Å². The Morgan fingerprint density at radius 3 is 2.86 bits per heavy atom. The fraction of sp³-hybridized carbons (Fsp3) is 0.438. The summed E-state index contributed by atoms with van der Waals surface area (Å²) in [7, 11) is 0. The second-order valence-corrected chi connectivity index (χ2v) is 6.69. The van der Waals surface area contributed by atoms with Gasteiger partial charge >= 0.3 is 6.09 Å². The summed E-state index contributed by atoms with van der Waals surface area (Å²) in [5.41, 5.74) is 0.998. The number of hydrogen-bond acceptors (Lipinski definition) is 5. The quantitative estimate of drug-likeness (QED) is 0.944. The van der Waals surface area contributed by atoms with Gasteiger partial charge in [0, 0.05) is 29.6 Å². The van der Waals surface area contributed by atoms with Crippen LogP contribution in [0.15, 0.2) is 33.4 Å². The monoisotopic (exact) mass is 318 g/mol. The standard InChI is InChI=1S/C16H18N2O3S/c19-16(17-13-9-18-6-3-11(13)4-7-18)21-15-2-1-14(20-15)12-5-8-22-10-12/h1-2,5,8,10-11,13H,3-4,6-7,9H2,(H,17,19). The maximum Gasteiger partial charge on any atom is 0.415 e. The van der Waals surface area contributed by atoms with Crippen molar-refractivity contribution < 1.29 is 13.9 Å². The van der Waals surface area contributed by atoms with Gasteiger partial charge in [-0.3, -0.25) is 0 Å². The van der Waals surface area contributed by atoms with Crippen molar-refractivity contribution in [3.8, 4) is 17.3 Å². The van der Waals surface area contributed by atoms with Crippen LogP contribution in [0.3, 0.4) is 0 Å². The van der Waals surface area contributed by atoms with E-state index < -0.39 is 6.09 Å². The molecule has 1 atom stereocenters. The van der Waals surface area contributed by atoms with Crippen molar-refractivity contribution in [2.45, 2.75) is 18.9 Å². The molecule has 3 fully saturated rings. The van der Waals surface area contributed by atoms with E-state index in [0.29, 0.717) is 11.7 Å².